The molecular weight excluding hydrogens is 191 g/mol. The van der Waals surface area contributed by atoms with E-state index < -0.39 is 5.82 Å². The highest BCUT2D eigenvalue weighted by Gasteiger charge is 2.31. The molecule has 0 bridgehead atoms. The molecule has 1 aliphatic carbocycles. The zero-order valence-corrected chi connectivity index (χ0v) is 8.63. The van der Waals surface area contributed by atoms with Crippen molar-refractivity contribution in [2.45, 2.75) is 25.9 Å². The molecule has 0 spiro atoms. The Kier molecular flexibility index (Phi) is 2.70. The molecular formula is C12H13FN2. The van der Waals surface area contributed by atoms with Gasteiger partial charge in [-0.25, -0.2) is 4.39 Å². The molecule has 1 saturated carbocycles. The molecule has 0 amide bonds. The van der Waals surface area contributed by atoms with Gasteiger partial charge in [-0.3, -0.25) is 0 Å². The fourth-order valence-corrected chi connectivity index (χ4v) is 1.62. The highest BCUT2D eigenvalue weighted by molar-refractivity contribution is 5.34. The smallest absolute Gasteiger partial charge is 0.140 e. The molecule has 2 nitrogen and oxygen atoms in total. The SMILES string of the molecule is CC1CC1NCc1ccc(F)c(C#N)c1. The summed E-state index contributed by atoms with van der Waals surface area (Å²) in [6.45, 7) is 2.91. The third kappa shape index (κ3) is 2.34. The maximum Gasteiger partial charge on any atom is 0.140 e. The minimum Gasteiger partial charge on any atom is -0.310 e. The molecule has 1 N–H and O–H groups in total. The Morgan fingerprint density at radius 3 is 2.93 bits per heavy atom. The number of benzene rings is 1. The summed E-state index contributed by atoms with van der Waals surface area (Å²) in [7, 11) is 0. The van der Waals surface area contributed by atoms with Crippen LogP contribution in [0.2, 0.25) is 0 Å². The minimum absolute atomic E-state index is 0.123. The summed E-state index contributed by atoms with van der Waals surface area (Å²) in [5, 5.41) is 12.0. The maximum absolute atomic E-state index is 13.0. The number of nitrogens with zero attached hydrogens (tertiary/aromatic N) is 1. The summed E-state index contributed by atoms with van der Waals surface area (Å²) < 4.78 is 13.0. The van der Waals surface area contributed by atoms with Gasteiger partial charge in [0.1, 0.15) is 11.9 Å². The van der Waals surface area contributed by atoms with Crippen LogP contribution in [0.25, 0.3) is 0 Å². The van der Waals surface area contributed by atoms with Crippen LogP contribution in [0.4, 0.5) is 4.39 Å². The van der Waals surface area contributed by atoms with E-state index in [9.17, 15) is 4.39 Å². The van der Waals surface area contributed by atoms with Crippen LogP contribution < -0.4 is 5.32 Å². The average molecular weight is 204 g/mol. The first-order valence-corrected chi connectivity index (χ1v) is 5.12. The average Bonchev–Trinajstić information content (AvgIpc) is 2.93. The molecule has 3 heteroatoms. The van der Waals surface area contributed by atoms with Crippen LogP contribution in [-0.4, -0.2) is 6.04 Å². The Labute approximate surface area is 88.7 Å². The predicted molar refractivity (Wildman–Crippen MR) is 55.5 cm³/mol. The Morgan fingerprint density at radius 2 is 2.33 bits per heavy atom. The number of nitriles is 1. The number of halogens is 1. The lowest BCUT2D eigenvalue weighted by Gasteiger charge is -2.04. The second-order valence-electron chi connectivity index (χ2n) is 4.13. The largest absolute Gasteiger partial charge is 0.310 e. The van der Waals surface area contributed by atoms with E-state index in [1.165, 1.54) is 12.5 Å². The molecule has 2 atom stereocenters. The zero-order chi connectivity index (χ0) is 10.8. The molecule has 1 aromatic rings. The second kappa shape index (κ2) is 4.00. The predicted octanol–water partition coefficient (Wildman–Crippen LogP) is 2.20. The van der Waals surface area contributed by atoms with Gasteiger partial charge in [-0.15, -0.1) is 0 Å². The quantitative estimate of drug-likeness (QED) is 0.819. The normalized spacial score (nSPS) is 23.5. The lowest BCUT2D eigenvalue weighted by molar-refractivity contribution is 0.618. The summed E-state index contributed by atoms with van der Waals surface area (Å²) in [6.07, 6.45) is 1.21. The fraction of sp³-hybridized carbons (Fsp3) is 0.417. The van der Waals surface area contributed by atoms with E-state index in [-0.39, 0.29) is 5.56 Å². The van der Waals surface area contributed by atoms with Crippen molar-refractivity contribution in [3.63, 3.8) is 0 Å². The summed E-state index contributed by atoms with van der Waals surface area (Å²) >= 11 is 0. The molecule has 2 rings (SSSR count). The van der Waals surface area contributed by atoms with Crippen LogP contribution in [0, 0.1) is 23.1 Å². The summed E-state index contributed by atoms with van der Waals surface area (Å²) in [5.74, 6) is 0.307. The van der Waals surface area contributed by atoms with Crippen molar-refractivity contribution in [2.75, 3.05) is 0 Å². The van der Waals surface area contributed by atoms with Crippen LogP contribution in [-0.2, 0) is 6.54 Å². The monoisotopic (exact) mass is 204 g/mol. The highest BCUT2D eigenvalue weighted by Crippen LogP contribution is 2.29. The topological polar surface area (TPSA) is 35.8 Å². The van der Waals surface area contributed by atoms with Gasteiger partial charge in [-0.1, -0.05) is 13.0 Å². The van der Waals surface area contributed by atoms with E-state index in [0.29, 0.717) is 12.6 Å². The van der Waals surface area contributed by atoms with E-state index in [4.69, 9.17) is 5.26 Å². The first-order chi connectivity index (χ1) is 7.20. The van der Waals surface area contributed by atoms with Gasteiger partial charge in [0, 0.05) is 12.6 Å². The van der Waals surface area contributed by atoms with E-state index in [1.807, 2.05) is 6.07 Å². The van der Waals surface area contributed by atoms with Crippen LogP contribution in [0.1, 0.15) is 24.5 Å². The molecule has 0 heterocycles. The van der Waals surface area contributed by atoms with Crippen molar-refractivity contribution in [1.82, 2.24) is 5.32 Å². The van der Waals surface area contributed by atoms with E-state index >= 15 is 0 Å². The Bertz CT molecular complexity index is 409. The summed E-state index contributed by atoms with van der Waals surface area (Å²) in [6, 6.07) is 7.12. The molecule has 1 fully saturated rings. The van der Waals surface area contributed by atoms with Gasteiger partial charge in [0.15, 0.2) is 0 Å². The van der Waals surface area contributed by atoms with Gasteiger partial charge in [0.2, 0.25) is 0 Å². The Balaban J connectivity index is 2.00. The van der Waals surface area contributed by atoms with Crippen LogP contribution in [0.15, 0.2) is 18.2 Å². The third-order valence-electron chi connectivity index (χ3n) is 2.83. The second-order valence-corrected chi connectivity index (χ2v) is 4.13. The van der Waals surface area contributed by atoms with Crippen molar-refractivity contribution in [1.29, 1.82) is 5.26 Å². The molecule has 1 aromatic carbocycles. The molecule has 0 saturated heterocycles. The van der Waals surface area contributed by atoms with E-state index in [0.717, 1.165) is 11.5 Å². The summed E-state index contributed by atoms with van der Waals surface area (Å²) in [4.78, 5) is 0. The fourth-order valence-electron chi connectivity index (χ4n) is 1.62. The van der Waals surface area contributed by atoms with Gasteiger partial charge in [0.05, 0.1) is 5.56 Å². The number of nitrogens with one attached hydrogen (secondary N) is 1. The van der Waals surface area contributed by atoms with Gasteiger partial charge in [0.25, 0.3) is 0 Å². The maximum atomic E-state index is 13.0. The number of hydrogen-bond acceptors (Lipinski definition) is 2. The zero-order valence-electron chi connectivity index (χ0n) is 8.63. The molecule has 0 aliphatic heterocycles. The van der Waals surface area contributed by atoms with Crippen molar-refractivity contribution >= 4 is 0 Å². The first-order valence-electron chi connectivity index (χ1n) is 5.12. The molecule has 1 aliphatic rings. The van der Waals surface area contributed by atoms with Crippen LogP contribution in [0.3, 0.4) is 0 Å². The van der Waals surface area contributed by atoms with E-state index in [2.05, 4.69) is 12.2 Å². The Morgan fingerprint density at radius 1 is 1.60 bits per heavy atom. The lowest BCUT2D eigenvalue weighted by atomic mass is 10.1. The molecule has 0 radical (unpaired) electrons. The Hall–Kier alpha value is -1.40. The highest BCUT2D eigenvalue weighted by atomic mass is 19.1. The third-order valence-corrected chi connectivity index (χ3v) is 2.83. The minimum atomic E-state index is -0.443. The van der Waals surface area contributed by atoms with Crippen LogP contribution >= 0.6 is 0 Å². The lowest BCUT2D eigenvalue weighted by Crippen LogP contribution is -2.17. The molecule has 15 heavy (non-hydrogen) atoms. The van der Waals surface area contributed by atoms with Crippen molar-refractivity contribution in [2.24, 2.45) is 5.92 Å². The standard InChI is InChI=1S/C12H13FN2/c1-8-4-12(8)15-7-9-2-3-11(13)10(5-9)6-14/h2-3,5,8,12,15H,4,7H2,1H3. The molecule has 2 unspecified atom stereocenters. The first kappa shape index (κ1) is 10.1. The van der Waals surface area contributed by atoms with Gasteiger partial charge < -0.3 is 5.32 Å². The van der Waals surface area contributed by atoms with Gasteiger partial charge >= 0.3 is 0 Å². The molecule has 78 valence electrons. The summed E-state index contributed by atoms with van der Waals surface area (Å²) in [5.41, 5.74) is 1.09. The van der Waals surface area contributed by atoms with Gasteiger partial charge in [-0.2, -0.15) is 5.26 Å². The number of rotatable bonds is 3. The van der Waals surface area contributed by atoms with Crippen molar-refractivity contribution in [3.05, 3.63) is 35.1 Å². The van der Waals surface area contributed by atoms with Crippen LogP contribution in [0.5, 0.6) is 0 Å². The number of hydrogen-bond donors (Lipinski definition) is 1. The van der Waals surface area contributed by atoms with Gasteiger partial charge in [-0.05, 0) is 30.0 Å². The van der Waals surface area contributed by atoms with E-state index in [1.54, 1.807) is 12.1 Å². The van der Waals surface area contributed by atoms with Crippen molar-refractivity contribution in [3.8, 4) is 6.07 Å². The molecule has 0 aromatic heterocycles. The van der Waals surface area contributed by atoms with Crippen molar-refractivity contribution < 1.29 is 4.39 Å².